The van der Waals surface area contributed by atoms with Gasteiger partial charge in [0.1, 0.15) is 0 Å². The van der Waals surface area contributed by atoms with E-state index in [9.17, 15) is 0 Å². The van der Waals surface area contributed by atoms with Gasteiger partial charge >= 0.3 is 0 Å². The molecule has 2 aromatic carbocycles. The predicted molar refractivity (Wildman–Crippen MR) is 75.6 cm³/mol. The molecule has 18 heavy (non-hydrogen) atoms. The Labute approximate surface area is 109 Å². The summed E-state index contributed by atoms with van der Waals surface area (Å²) in [4.78, 5) is 0. The van der Waals surface area contributed by atoms with Crippen molar-refractivity contribution in [3.63, 3.8) is 0 Å². The molecule has 1 N–H and O–H groups in total. The summed E-state index contributed by atoms with van der Waals surface area (Å²) in [5, 5.41) is 3.44. The van der Waals surface area contributed by atoms with E-state index in [1.54, 1.807) is 0 Å². The van der Waals surface area contributed by atoms with E-state index in [1.807, 2.05) is 0 Å². The molecule has 0 radical (unpaired) electrons. The van der Waals surface area contributed by atoms with Gasteiger partial charge in [-0.3, -0.25) is 0 Å². The zero-order valence-electron chi connectivity index (χ0n) is 10.6. The minimum absolute atomic E-state index is 0.419. The number of rotatable bonds is 4. The van der Waals surface area contributed by atoms with Crippen LogP contribution in [0.25, 0.3) is 0 Å². The first-order valence-electron chi connectivity index (χ1n) is 6.65. The van der Waals surface area contributed by atoms with Crippen LogP contribution in [0.4, 0.5) is 0 Å². The van der Waals surface area contributed by atoms with Crippen LogP contribution in [0, 0.1) is 5.41 Å². The molecule has 0 bridgehead atoms. The van der Waals surface area contributed by atoms with Crippen LogP contribution in [-0.4, -0.2) is 13.1 Å². The summed E-state index contributed by atoms with van der Waals surface area (Å²) in [7, 11) is 0. The van der Waals surface area contributed by atoms with Crippen molar-refractivity contribution in [2.24, 2.45) is 5.41 Å². The first kappa shape index (κ1) is 11.5. The topological polar surface area (TPSA) is 12.0 Å². The van der Waals surface area contributed by atoms with E-state index in [4.69, 9.17) is 0 Å². The van der Waals surface area contributed by atoms with Gasteiger partial charge in [-0.15, -0.1) is 0 Å². The molecule has 1 heterocycles. The van der Waals surface area contributed by atoms with Crippen molar-refractivity contribution in [1.29, 1.82) is 0 Å². The SMILES string of the molecule is c1ccc(CC2(Cc3ccccc3)CNC2)cc1. The third kappa shape index (κ3) is 2.46. The van der Waals surface area contributed by atoms with Gasteiger partial charge in [0.05, 0.1) is 0 Å². The molecular formula is C17H19N. The summed E-state index contributed by atoms with van der Waals surface area (Å²) in [6.07, 6.45) is 2.35. The smallest absolute Gasteiger partial charge is 0.00331 e. The third-order valence-corrected chi connectivity index (χ3v) is 3.84. The summed E-state index contributed by atoms with van der Waals surface area (Å²) in [5.41, 5.74) is 3.33. The van der Waals surface area contributed by atoms with Crippen LogP contribution >= 0.6 is 0 Å². The van der Waals surface area contributed by atoms with Gasteiger partial charge < -0.3 is 5.32 Å². The number of hydrogen-bond acceptors (Lipinski definition) is 1. The maximum absolute atomic E-state index is 3.44. The molecule has 0 aliphatic carbocycles. The normalized spacial score (nSPS) is 17.1. The highest BCUT2D eigenvalue weighted by Gasteiger charge is 2.36. The van der Waals surface area contributed by atoms with Crippen molar-refractivity contribution >= 4 is 0 Å². The minimum Gasteiger partial charge on any atom is -0.315 e. The maximum Gasteiger partial charge on any atom is 0.00331 e. The lowest BCUT2D eigenvalue weighted by molar-refractivity contribution is 0.166. The summed E-state index contributed by atoms with van der Waals surface area (Å²) in [6.45, 7) is 2.27. The Morgan fingerprint density at radius 2 is 1.17 bits per heavy atom. The number of benzene rings is 2. The highest BCUT2D eigenvalue weighted by molar-refractivity contribution is 5.22. The van der Waals surface area contributed by atoms with Crippen LogP contribution in [0.3, 0.4) is 0 Å². The van der Waals surface area contributed by atoms with Crippen molar-refractivity contribution in [2.75, 3.05) is 13.1 Å². The molecule has 1 nitrogen and oxygen atoms in total. The van der Waals surface area contributed by atoms with Crippen molar-refractivity contribution in [2.45, 2.75) is 12.8 Å². The molecule has 1 heteroatoms. The Balaban J connectivity index is 1.75. The van der Waals surface area contributed by atoms with E-state index < -0.39 is 0 Å². The largest absolute Gasteiger partial charge is 0.315 e. The molecule has 1 aliphatic rings. The van der Waals surface area contributed by atoms with Crippen molar-refractivity contribution in [3.05, 3.63) is 71.8 Å². The van der Waals surface area contributed by atoms with Gasteiger partial charge in [0, 0.05) is 18.5 Å². The summed E-state index contributed by atoms with van der Waals surface area (Å²) in [6, 6.07) is 21.7. The Hall–Kier alpha value is -1.60. The molecule has 1 saturated heterocycles. The van der Waals surface area contributed by atoms with Crippen LogP contribution in [0.15, 0.2) is 60.7 Å². The lowest BCUT2D eigenvalue weighted by Crippen LogP contribution is -2.55. The molecule has 3 rings (SSSR count). The summed E-state index contributed by atoms with van der Waals surface area (Å²) < 4.78 is 0. The fourth-order valence-electron chi connectivity index (χ4n) is 2.85. The second-order valence-electron chi connectivity index (χ2n) is 5.43. The molecule has 1 aliphatic heterocycles. The van der Waals surface area contributed by atoms with Gasteiger partial charge in [0.15, 0.2) is 0 Å². The van der Waals surface area contributed by atoms with Gasteiger partial charge in [-0.1, -0.05) is 60.7 Å². The second-order valence-corrected chi connectivity index (χ2v) is 5.43. The van der Waals surface area contributed by atoms with E-state index in [1.165, 1.54) is 24.0 Å². The molecule has 0 saturated carbocycles. The van der Waals surface area contributed by atoms with Crippen molar-refractivity contribution in [3.8, 4) is 0 Å². The fourth-order valence-corrected chi connectivity index (χ4v) is 2.85. The summed E-state index contributed by atoms with van der Waals surface area (Å²) >= 11 is 0. The standard InChI is InChI=1S/C17H19N/c1-3-7-15(8-4-1)11-17(13-18-14-17)12-16-9-5-2-6-10-16/h1-10,18H,11-14H2. The van der Waals surface area contributed by atoms with Gasteiger partial charge in [-0.2, -0.15) is 0 Å². The lowest BCUT2D eigenvalue weighted by atomic mass is 9.72. The van der Waals surface area contributed by atoms with Gasteiger partial charge in [-0.05, 0) is 24.0 Å². The minimum atomic E-state index is 0.419. The Bertz CT molecular complexity index is 442. The zero-order valence-corrected chi connectivity index (χ0v) is 10.6. The van der Waals surface area contributed by atoms with Gasteiger partial charge in [0.2, 0.25) is 0 Å². The second kappa shape index (κ2) is 4.95. The third-order valence-electron chi connectivity index (χ3n) is 3.84. The molecule has 0 spiro atoms. The van der Waals surface area contributed by atoms with E-state index in [-0.39, 0.29) is 0 Å². The number of nitrogens with one attached hydrogen (secondary N) is 1. The summed E-state index contributed by atoms with van der Waals surface area (Å²) in [5.74, 6) is 0. The first-order valence-corrected chi connectivity index (χ1v) is 6.65. The molecule has 0 amide bonds. The molecule has 0 aromatic heterocycles. The Morgan fingerprint density at radius 1 is 0.722 bits per heavy atom. The highest BCUT2D eigenvalue weighted by atomic mass is 15.0. The van der Waals surface area contributed by atoms with E-state index in [2.05, 4.69) is 66.0 Å². The highest BCUT2D eigenvalue weighted by Crippen LogP contribution is 2.31. The van der Waals surface area contributed by atoms with Crippen LogP contribution in [0.1, 0.15) is 11.1 Å². The maximum atomic E-state index is 3.44. The van der Waals surface area contributed by atoms with Gasteiger partial charge in [-0.25, -0.2) is 0 Å². The van der Waals surface area contributed by atoms with Crippen molar-refractivity contribution in [1.82, 2.24) is 5.32 Å². The number of hydrogen-bond donors (Lipinski definition) is 1. The molecule has 1 fully saturated rings. The van der Waals surface area contributed by atoms with Crippen molar-refractivity contribution < 1.29 is 0 Å². The zero-order chi connectivity index (χ0) is 12.3. The van der Waals surface area contributed by atoms with Gasteiger partial charge in [0.25, 0.3) is 0 Å². The van der Waals surface area contributed by atoms with Crippen LogP contribution in [0.5, 0.6) is 0 Å². The van der Waals surface area contributed by atoms with Crippen LogP contribution in [0.2, 0.25) is 0 Å². The predicted octanol–water partition coefficient (Wildman–Crippen LogP) is 3.06. The quantitative estimate of drug-likeness (QED) is 0.861. The Kier molecular flexibility index (Phi) is 3.16. The molecule has 0 unspecified atom stereocenters. The first-order chi connectivity index (χ1) is 8.86. The monoisotopic (exact) mass is 237 g/mol. The van der Waals surface area contributed by atoms with Crippen LogP contribution in [-0.2, 0) is 12.8 Å². The average Bonchev–Trinajstić information content (AvgIpc) is 2.39. The van der Waals surface area contributed by atoms with E-state index >= 15 is 0 Å². The average molecular weight is 237 g/mol. The molecular weight excluding hydrogens is 218 g/mol. The molecule has 0 atom stereocenters. The van der Waals surface area contributed by atoms with E-state index in [0.29, 0.717) is 5.41 Å². The van der Waals surface area contributed by atoms with E-state index in [0.717, 1.165) is 13.1 Å². The Morgan fingerprint density at radius 3 is 1.50 bits per heavy atom. The molecule has 2 aromatic rings. The fraction of sp³-hybridized carbons (Fsp3) is 0.294. The molecule has 92 valence electrons. The lowest BCUT2D eigenvalue weighted by Gasteiger charge is -2.43. The van der Waals surface area contributed by atoms with Crippen LogP contribution < -0.4 is 5.32 Å².